The number of carbonyl (C=O) groups is 2. The van der Waals surface area contributed by atoms with Crippen LogP contribution in [0.25, 0.3) is 10.9 Å². The number of aromatic nitrogens is 1. The fourth-order valence-corrected chi connectivity index (χ4v) is 4.69. The molecule has 0 spiro atoms. The van der Waals surface area contributed by atoms with E-state index in [-0.39, 0.29) is 25.0 Å². The molecule has 6 nitrogen and oxygen atoms in total. The van der Waals surface area contributed by atoms with Gasteiger partial charge >= 0.3 is 0 Å². The zero-order chi connectivity index (χ0) is 27.1. The van der Waals surface area contributed by atoms with Crippen LogP contribution in [-0.2, 0) is 22.6 Å². The molecule has 0 saturated heterocycles. The summed E-state index contributed by atoms with van der Waals surface area (Å²) in [5.74, 6) is 0.158. The van der Waals surface area contributed by atoms with Crippen molar-refractivity contribution in [1.82, 2.24) is 10.3 Å². The first-order valence-corrected chi connectivity index (χ1v) is 13.1. The zero-order valence-electron chi connectivity index (χ0n) is 21.3. The van der Waals surface area contributed by atoms with Gasteiger partial charge < -0.3 is 15.0 Å². The van der Waals surface area contributed by atoms with E-state index in [0.717, 1.165) is 23.0 Å². The van der Waals surface area contributed by atoms with Gasteiger partial charge in [0.2, 0.25) is 11.8 Å². The minimum atomic E-state index is -0.299. The molecule has 0 saturated carbocycles. The predicted octanol–water partition coefficient (Wildman–Crippen LogP) is 6.53. The van der Waals surface area contributed by atoms with E-state index < -0.39 is 0 Å². The smallest absolute Gasteiger partial charge is 0.246 e. The number of carbonyl (C=O) groups excluding carboxylic acids is 2. The van der Waals surface area contributed by atoms with Crippen LogP contribution in [0.5, 0.6) is 5.75 Å². The number of amides is 2. The molecule has 4 aromatic rings. The van der Waals surface area contributed by atoms with E-state index in [2.05, 4.69) is 10.3 Å². The lowest BCUT2D eigenvalue weighted by atomic mass is 10.1. The minimum Gasteiger partial charge on any atom is -0.487 e. The third-order valence-corrected chi connectivity index (χ3v) is 7.07. The summed E-state index contributed by atoms with van der Waals surface area (Å²) in [6, 6.07) is 23.1. The van der Waals surface area contributed by atoms with Crippen LogP contribution in [0.15, 0.2) is 72.8 Å². The Bertz CT molecular complexity index is 1440. The molecule has 3 aromatic carbocycles. The monoisotopic (exact) mass is 549 g/mol. The first-order chi connectivity index (χ1) is 18.3. The van der Waals surface area contributed by atoms with Crippen molar-refractivity contribution in [3.8, 4) is 5.75 Å². The standard InChI is InChI=1S/C30H29Cl2N3O3/c1-20-27(17-22-12-6-7-13-25(22)34-20)38-19-23-24(31)15-16-26(30(23)32)35(2)29(37)18-33-28(36)14-8-11-21-9-4-3-5-10-21/h3-7,9-10,12-13,15-17H,8,11,14,18-19H2,1-2H3,(H,33,36). The Balaban J connectivity index is 1.35. The van der Waals surface area contributed by atoms with Crippen LogP contribution in [0, 0.1) is 6.92 Å². The lowest BCUT2D eigenvalue weighted by Crippen LogP contribution is -2.38. The summed E-state index contributed by atoms with van der Waals surface area (Å²) < 4.78 is 6.04. The molecule has 0 aliphatic carbocycles. The second-order valence-corrected chi connectivity index (χ2v) is 9.77. The summed E-state index contributed by atoms with van der Waals surface area (Å²) >= 11 is 13.1. The number of benzene rings is 3. The first kappa shape index (κ1) is 27.4. The lowest BCUT2D eigenvalue weighted by Gasteiger charge is -2.21. The number of anilines is 1. The number of nitrogens with zero attached hydrogens (tertiary/aromatic N) is 2. The Hall–Kier alpha value is -3.61. The number of likely N-dealkylation sites (N-methyl/N-ethyl adjacent to an activating group) is 1. The van der Waals surface area contributed by atoms with Gasteiger partial charge in [-0.1, -0.05) is 71.7 Å². The van der Waals surface area contributed by atoms with Crippen LogP contribution in [-0.4, -0.2) is 30.4 Å². The number of rotatable bonds is 10. The van der Waals surface area contributed by atoms with Gasteiger partial charge in [0.1, 0.15) is 12.4 Å². The van der Waals surface area contributed by atoms with Gasteiger partial charge in [-0.15, -0.1) is 0 Å². The molecule has 1 N–H and O–H groups in total. The Morgan fingerprint density at radius 3 is 2.53 bits per heavy atom. The molecule has 38 heavy (non-hydrogen) atoms. The van der Waals surface area contributed by atoms with E-state index in [1.807, 2.05) is 67.6 Å². The van der Waals surface area contributed by atoms with Crippen molar-refractivity contribution in [3.63, 3.8) is 0 Å². The van der Waals surface area contributed by atoms with Crippen LogP contribution >= 0.6 is 23.2 Å². The highest BCUT2D eigenvalue weighted by Crippen LogP contribution is 2.35. The van der Waals surface area contributed by atoms with Crippen molar-refractivity contribution in [2.24, 2.45) is 0 Å². The summed E-state index contributed by atoms with van der Waals surface area (Å²) in [6.07, 6.45) is 1.86. The molecule has 0 atom stereocenters. The molecule has 196 valence electrons. The number of halogens is 2. The van der Waals surface area contributed by atoms with Gasteiger partial charge in [0, 0.05) is 29.4 Å². The van der Waals surface area contributed by atoms with E-state index in [4.69, 9.17) is 27.9 Å². The molecule has 0 aliphatic heterocycles. The number of pyridine rings is 1. The maximum atomic E-state index is 12.8. The van der Waals surface area contributed by atoms with Crippen LogP contribution in [0.1, 0.15) is 29.7 Å². The fraction of sp³-hybridized carbons (Fsp3) is 0.233. The third-order valence-electron chi connectivity index (χ3n) is 6.29. The number of ether oxygens (including phenoxy) is 1. The van der Waals surface area contributed by atoms with E-state index in [0.29, 0.717) is 39.9 Å². The molecule has 0 bridgehead atoms. The van der Waals surface area contributed by atoms with E-state index in [1.165, 1.54) is 10.5 Å². The highest BCUT2D eigenvalue weighted by atomic mass is 35.5. The Morgan fingerprint density at radius 1 is 1.00 bits per heavy atom. The molecule has 0 unspecified atom stereocenters. The van der Waals surface area contributed by atoms with Gasteiger partial charge in [0.05, 0.1) is 28.5 Å². The number of aryl methyl sites for hydroxylation is 2. The van der Waals surface area contributed by atoms with Crippen molar-refractivity contribution in [2.75, 3.05) is 18.5 Å². The van der Waals surface area contributed by atoms with E-state index in [9.17, 15) is 9.59 Å². The topological polar surface area (TPSA) is 71.5 Å². The van der Waals surface area contributed by atoms with Gasteiger partial charge in [-0.05, 0) is 49.6 Å². The number of hydrogen-bond acceptors (Lipinski definition) is 4. The first-order valence-electron chi connectivity index (χ1n) is 12.4. The summed E-state index contributed by atoms with van der Waals surface area (Å²) in [7, 11) is 1.61. The molecule has 2 amide bonds. The maximum absolute atomic E-state index is 12.8. The summed E-state index contributed by atoms with van der Waals surface area (Å²) in [6.45, 7) is 1.85. The average molecular weight is 550 g/mol. The normalized spacial score (nSPS) is 10.8. The Labute approximate surface area is 232 Å². The van der Waals surface area contributed by atoms with Crippen molar-refractivity contribution >= 4 is 51.6 Å². The highest BCUT2D eigenvalue weighted by molar-refractivity contribution is 6.38. The Morgan fingerprint density at radius 2 is 1.74 bits per heavy atom. The van der Waals surface area contributed by atoms with Crippen molar-refractivity contribution < 1.29 is 14.3 Å². The van der Waals surface area contributed by atoms with Crippen LogP contribution < -0.4 is 15.0 Å². The lowest BCUT2D eigenvalue weighted by molar-refractivity contribution is -0.124. The molecule has 4 rings (SSSR count). The molecule has 1 heterocycles. The number of hydrogen-bond donors (Lipinski definition) is 1. The van der Waals surface area contributed by atoms with Crippen LogP contribution in [0.3, 0.4) is 0 Å². The molecule has 0 aliphatic rings. The molecule has 0 fully saturated rings. The van der Waals surface area contributed by atoms with Crippen molar-refractivity contribution in [3.05, 3.63) is 99.7 Å². The molecular weight excluding hydrogens is 521 g/mol. The maximum Gasteiger partial charge on any atom is 0.246 e. The van der Waals surface area contributed by atoms with Gasteiger partial charge in [0.25, 0.3) is 0 Å². The van der Waals surface area contributed by atoms with E-state index >= 15 is 0 Å². The minimum absolute atomic E-state index is 0.104. The van der Waals surface area contributed by atoms with Crippen LogP contribution in [0.2, 0.25) is 10.0 Å². The second kappa shape index (κ2) is 12.8. The SMILES string of the molecule is Cc1nc2ccccc2cc1OCc1c(Cl)ccc(N(C)C(=O)CNC(=O)CCCc2ccccc2)c1Cl. The summed E-state index contributed by atoms with van der Waals surface area (Å²) in [5, 5.41) is 4.41. The Kier molecular flexibility index (Phi) is 9.21. The zero-order valence-corrected chi connectivity index (χ0v) is 22.9. The van der Waals surface area contributed by atoms with Gasteiger partial charge in [-0.3, -0.25) is 9.59 Å². The highest BCUT2D eigenvalue weighted by Gasteiger charge is 2.19. The van der Waals surface area contributed by atoms with Crippen molar-refractivity contribution in [2.45, 2.75) is 32.8 Å². The number of para-hydroxylation sites is 1. The molecular formula is C30H29Cl2N3O3. The number of fused-ring (bicyclic) bond motifs is 1. The third kappa shape index (κ3) is 6.82. The van der Waals surface area contributed by atoms with E-state index in [1.54, 1.807) is 19.2 Å². The second-order valence-electron chi connectivity index (χ2n) is 8.98. The molecule has 1 aromatic heterocycles. The van der Waals surface area contributed by atoms with Gasteiger partial charge in [-0.25, -0.2) is 4.98 Å². The number of nitrogens with one attached hydrogen (secondary N) is 1. The fourth-order valence-electron chi connectivity index (χ4n) is 4.08. The summed E-state index contributed by atoms with van der Waals surface area (Å²) in [4.78, 5) is 31.1. The van der Waals surface area contributed by atoms with Gasteiger partial charge in [-0.2, -0.15) is 0 Å². The largest absolute Gasteiger partial charge is 0.487 e. The quantitative estimate of drug-likeness (QED) is 0.244. The predicted molar refractivity (Wildman–Crippen MR) is 153 cm³/mol. The van der Waals surface area contributed by atoms with Crippen molar-refractivity contribution in [1.29, 1.82) is 0 Å². The molecule has 8 heteroatoms. The van der Waals surface area contributed by atoms with Gasteiger partial charge in [0.15, 0.2) is 0 Å². The summed E-state index contributed by atoms with van der Waals surface area (Å²) in [5.41, 5.74) is 3.85. The molecule has 0 radical (unpaired) electrons. The average Bonchev–Trinajstić information content (AvgIpc) is 2.92. The van der Waals surface area contributed by atoms with Crippen LogP contribution in [0.4, 0.5) is 5.69 Å².